The molecule has 2 aromatic carbocycles. The lowest BCUT2D eigenvalue weighted by Gasteiger charge is -2.11. The van der Waals surface area contributed by atoms with Crippen molar-refractivity contribution >= 4 is 23.7 Å². The average molecular weight is 464 g/mol. The Balaban J connectivity index is 2.15. The number of allylic oxidation sites excluding steroid dienone is 2. The molecule has 0 aliphatic rings. The topological polar surface area (TPSA) is 111 Å². The summed E-state index contributed by atoms with van der Waals surface area (Å²) in [6.45, 7) is 1.83. The van der Waals surface area contributed by atoms with E-state index in [2.05, 4.69) is 10.0 Å². The average Bonchev–Trinajstić information content (AvgIpc) is 2.87. The van der Waals surface area contributed by atoms with Crippen LogP contribution in [-0.4, -0.2) is 32.5 Å². The van der Waals surface area contributed by atoms with Crippen LogP contribution in [0.2, 0.25) is 0 Å². The van der Waals surface area contributed by atoms with Gasteiger partial charge in [-0.3, -0.25) is 9.59 Å². The van der Waals surface area contributed by atoms with Gasteiger partial charge in [0.1, 0.15) is 5.75 Å². The number of methoxy groups -OCH3 is 2. The molecule has 0 N–H and O–H groups in total. The lowest BCUT2D eigenvalue weighted by Crippen LogP contribution is -2.21. The molecule has 0 fully saturated rings. The Morgan fingerprint density at radius 3 is 2.21 bits per heavy atom. The Morgan fingerprint density at radius 1 is 0.971 bits per heavy atom. The van der Waals surface area contributed by atoms with E-state index in [9.17, 15) is 9.59 Å². The van der Waals surface area contributed by atoms with Gasteiger partial charge in [0.25, 0.3) is 0 Å². The number of hydrogen-bond acceptors (Lipinski definition) is 6. The molecule has 0 saturated carbocycles. The second kappa shape index (κ2) is 14.2. The first-order valence-corrected chi connectivity index (χ1v) is 10.9. The molecule has 8 heteroatoms. The van der Waals surface area contributed by atoms with Crippen LogP contribution in [0.5, 0.6) is 17.2 Å². The summed E-state index contributed by atoms with van der Waals surface area (Å²) in [6.07, 6.45) is 8.34. The normalized spacial score (nSPS) is 11.7. The van der Waals surface area contributed by atoms with Crippen LogP contribution < -0.4 is 14.2 Å². The van der Waals surface area contributed by atoms with E-state index < -0.39 is 5.92 Å². The van der Waals surface area contributed by atoms with Crippen molar-refractivity contribution in [2.45, 2.75) is 26.2 Å². The van der Waals surface area contributed by atoms with E-state index in [4.69, 9.17) is 19.7 Å². The molecule has 2 rings (SSSR count). The zero-order valence-electron chi connectivity index (χ0n) is 19.6. The van der Waals surface area contributed by atoms with Crippen molar-refractivity contribution in [3.05, 3.63) is 76.2 Å². The fourth-order valence-corrected chi connectivity index (χ4v) is 3.17. The van der Waals surface area contributed by atoms with Crippen LogP contribution in [0.15, 0.2) is 59.7 Å². The van der Waals surface area contributed by atoms with Crippen molar-refractivity contribution in [3.8, 4) is 17.2 Å². The maximum atomic E-state index is 12.9. The van der Waals surface area contributed by atoms with Gasteiger partial charge in [0, 0.05) is 4.91 Å². The van der Waals surface area contributed by atoms with Crippen molar-refractivity contribution in [3.63, 3.8) is 0 Å². The molecule has 0 bridgehead atoms. The first-order valence-electron chi connectivity index (χ1n) is 10.9. The molecule has 0 heterocycles. The quantitative estimate of drug-likeness (QED) is 0.112. The molecule has 1 atom stereocenters. The fourth-order valence-electron chi connectivity index (χ4n) is 3.17. The first-order chi connectivity index (χ1) is 16.5. The molecule has 34 heavy (non-hydrogen) atoms. The highest BCUT2D eigenvalue weighted by Gasteiger charge is 2.22. The minimum absolute atomic E-state index is 0.187. The monoisotopic (exact) mass is 463 g/mol. The lowest BCUT2D eigenvalue weighted by atomic mass is 9.91. The summed E-state index contributed by atoms with van der Waals surface area (Å²) in [5, 5.41) is 3.35. The highest BCUT2D eigenvalue weighted by atomic mass is 16.5. The van der Waals surface area contributed by atoms with Crippen LogP contribution in [0.1, 0.15) is 37.3 Å². The lowest BCUT2D eigenvalue weighted by molar-refractivity contribution is -0.127. The van der Waals surface area contributed by atoms with Crippen LogP contribution >= 0.6 is 0 Å². The molecule has 0 spiro atoms. The zero-order valence-corrected chi connectivity index (χ0v) is 19.6. The van der Waals surface area contributed by atoms with Gasteiger partial charge in [-0.05, 0) is 59.5 Å². The standard InChI is InChI=1S/C26H29N3O5/c1-4-5-6-22(23(30)14-9-19-7-12-21(32-2)13-8-19)24(31)15-10-20-11-16-25(33-3)26(17-20)34-18-28-29-27/h7-17,22H,4-6,18H2,1-3H3/b14-9+,15-10+. The number of carbonyl (C=O) groups excluding carboxylic acids is 2. The number of carbonyl (C=O) groups is 2. The molecule has 178 valence electrons. The Labute approximate surface area is 199 Å². The van der Waals surface area contributed by atoms with Crippen molar-refractivity contribution in [2.75, 3.05) is 21.0 Å². The second-order valence-corrected chi connectivity index (χ2v) is 7.35. The number of ether oxygens (including phenoxy) is 3. The van der Waals surface area contributed by atoms with Gasteiger partial charge in [0.15, 0.2) is 29.8 Å². The van der Waals surface area contributed by atoms with Gasteiger partial charge in [-0.15, -0.1) is 0 Å². The first kappa shape index (κ1) is 26.2. The van der Waals surface area contributed by atoms with Crippen molar-refractivity contribution in [1.82, 2.24) is 0 Å². The van der Waals surface area contributed by atoms with E-state index in [1.54, 1.807) is 37.5 Å². The predicted molar refractivity (Wildman–Crippen MR) is 132 cm³/mol. The number of benzene rings is 2. The minimum Gasteiger partial charge on any atom is -0.497 e. The van der Waals surface area contributed by atoms with Gasteiger partial charge in [-0.25, -0.2) is 0 Å². The molecule has 0 aromatic heterocycles. The van der Waals surface area contributed by atoms with Crippen molar-refractivity contribution < 1.29 is 23.8 Å². The van der Waals surface area contributed by atoms with E-state index in [1.165, 1.54) is 19.3 Å². The van der Waals surface area contributed by atoms with Crippen LogP contribution in [0, 0.1) is 5.92 Å². The molecule has 0 saturated heterocycles. The number of azide groups is 1. The number of hydrogen-bond donors (Lipinski definition) is 0. The maximum absolute atomic E-state index is 12.9. The number of ketones is 2. The maximum Gasteiger partial charge on any atom is 0.167 e. The third kappa shape index (κ3) is 8.15. The van der Waals surface area contributed by atoms with Gasteiger partial charge < -0.3 is 14.2 Å². The molecule has 0 aliphatic carbocycles. The van der Waals surface area contributed by atoms with E-state index in [1.807, 2.05) is 31.2 Å². The summed E-state index contributed by atoms with van der Waals surface area (Å²) in [7, 11) is 3.09. The SMILES string of the molecule is CCCCC(C(=O)/C=C/c1ccc(OC)cc1)C(=O)/C=C/c1ccc(OC)c(OCN=[N+]=[N-])c1. The van der Waals surface area contributed by atoms with Crippen LogP contribution in [0.25, 0.3) is 22.6 Å². The van der Waals surface area contributed by atoms with Gasteiger partial charge >= 0.3 is 0 Å². The highest BCUT2D eigenvalue weighted by Crippen LogP contribution is 2.29. The van der Waals surface area contributed by atoms with E-state index in [0.29, 0.717) is 23.5 Å². The highest BCUT2D eigenvalue weighted by molar-refractivity contribution is 6.13. The Bertz CT molecular complexity index is 1070. The van der Waals surface area contributed by atoms with Crippen LogP contribution in [0.4, 0.5) is 0 Å². The van der Waals surface area contributed by atoms with Crippen LogP contribution in [0.3, 0.4) is 0 Å². The third-order valence-electron chi connectivity index (χ3n) is 5.06. The largest absolute Gasteiger partial charge is 0.497 e. The number of rotatable bonds is 14. The van der Waals surface area contributed by atoms with Gasteiger partial charge in [-0.2, -0.15) is 0 Å². The van der Waals surface area contributed by atoms with E-state index in [0.717, 1.165) is 24.2 Å². The Morgan fingerprint density at radius 2 is 1.62 bits per heavy atom. The van der Waals surface area contributed by atoms with E-state index in [-0.39, 0.29) is 18.3 Å². The zero-order chi connectivity index (χ0) is 24.8. The summed E-state index contributed by atoms with van der Waals surface area (Å²) in [4.78, 5) is 28.4. The molecule has 1 unspecified atom stereocenters. The molecule has 0 aliphatic heterocycles. The number of nitrogens with zero attached hydrogens (tertiary/aromatic N) is 3. The molecular formula is C26H29N3O5. The summed E-state index contributed by atoms with van der Waals surface area (Å²) < 4.78 is 15.8. The molecule has 8 nitrogen and oxygen atoms in total. The summed E-state index contributed by atoms with van der Waals surface area (Å²) in [6, 6.07) is 12.4. The molecule has 0 amide bonds. The fraction of sp³-hybridized carbons (Fsp3) is 0.308. The predicted octanol–water partition coefficient (Wildman–Crippen LogP) is 6.02. The summed E-state index contributed by atoms with van der Waals surface area (Å²) in [5.41, 5.74) is 9.94. The smallest absolute Gasteiger partial charge is 0.167 e. The van der Waals surface area contributed by atoms with Gasteiger partial charge in [0.2, 0.25) is 0 Å². The van der Waals surface area contributed by atoms with E-state index >= 15 is 0 Å². The van der Waals surface area contributed by atoms with Crippen LogP contribution in [-0.2, 0) is 9.59 Å². The van der Waals surface area contributed by atoms with Crippen molar-refractivity contribution in [2.24, 2.45) is 11.0 Å². The number of unbranched alkanes of at least 4 members (excludes halogenated alkanes) is 1. The van der Waals surface area contributed by atoms with Crippen molar-refractivity contribution in [1.29, 1.82) is 0 Å². The minimum atomic E-state index is -0.746. The van der Waals surface area contributed by atoms with Gasteiger partial charge in [0.05, 0.1) is 20.1 Å². The summed E-state index contributed by atoms with van der Waals surface area (Å²) in [5.74, 6) is 0.346. The Kier molecular flexibility index (Phi) is 10.9. The Hall–Kier alpha value is -4.03. The summed E-state index contributed by atoms with van der Waals surface area (Å²) >= 11 is 0. The van der Waals surface area contributed by atoms with Gasteiger partial charge in [-0.1, -0.05) is 55.2 Å². The molecular weight excluding hydrogens is 434 g/mol. The second-order valence-electron chi connectivity index (χ2n) is 7.35. The third-order valence-corrected chi connectivity index (χ3v) is 5.06. The molecule has 2 aromatic rings. The molecule has 0 radical (unpaired) electrons.